The molecule has 242 valence electrons. The number of phenolic OH excluding ortho intramolecular Hbond substituents is 1. The maximum absolute atomic E-state index is 12.7. The first-order valence-electron chi connectivity index (χ1n) is 13.5. The van der Waals surface area contributed by atoms with Gasteiger partial charge in [-0.05, 0) is 84.7 Å². The van der Waals surface area contributed by atoms with Crippen LogP contribution in [0.25, 0.3) is 0 Å². The molecule has 0 bridgehead atoms. The highest BCUT2D eigenvalue weighted by Gasteiger charge is 2.29. The highest BCUT2D eigenvalue weighted by Crippen LogP contribution is 2.34. The molecule has 0 aliphatic rings. The predicted molar refractivity (Wildman–Crippen MR) is 160 cm³/mol. The number of carbonyl (C=O) groups excluding carboxylic acids is 3. The van der Waals surface area contributed by atoms with Gasteiger partial charge in [-0.3, -0.25) is 20.4 Å². The SMILES string of the molecule is Cc1cccc(S(=O)(=O)Oc2ccc(C)c(CC(=O)NCCON(C(=N)NC(=O)OC(C)(C)C)C(=O)OC(C)(C)C)c2O)c1. The average Bonchev–Trinajstić information content (AvgIpc) is 2.85. The third-order valence-corrected chi connectivity index (χ3v) is 6.55. The first kappa shape index (κ1) is 35.8. The van der Waals surface area contributed by atoms with E-state index >= 15 is 0 Å². The van der Waals surface area contributed by atoms with Gasteiger partial charge in [-0.2, -0.15) is 8.42 Å². The minimum atomic E-state index is -4.26. The van der Waals surface area contributed by atoms with Crippen molar-refractivity contribution in [2.45, 2.75) is 77.9 Å². The molecule has 15 heteroatoms. The van der Waals surface area contributed by atoms with Gasteiger partial charge in [0.15, 0.2) is 11.5 Å². The highest BCUT2D eigenvalue weighted by atomic mass is 32.2. The highest BCUT2D eigenvalue weighted by molar-refractivity contribution is 7.87. The van der Waals surface area contributed by atoms with Crippen molar-refractivity contribution in [3.63, 3.8) is 0 Å². The summed E-state index contributed by atoms with van der Waals surface area (Å²) in [5.41, 5.74) is -0.461. The number of aromatic hydroxyl groups is 1. The standard InChI is InChI=1S/C29H40N4O10S/c1-18-10-9-11-20(16-18)44(38,39)43-22-13-12-19(2)21(24(22)35)17-23(34)31-14-15-40-33(27(37)42-29(6,7)8)25(30)32-26(36)41-28(3,4)5/h9-13,16,35H,14-15,17H2,1-8H3,(H,31,34)(H2,30,32,36). The molecule has 0 saturated carbocycles. The number of hydrogen-bond donors (Lipinski definition) is 4. The zero-order valence-corrected chi connectivity index (χ0v) is 26.9. The molecule has 0 spiro atoms. The topological polar surface area (TPSA) is 194 Å². The van der Waals surface area contributed by atoms with Crippen LogP contribution < -0.4 is 14.8 Å². The van der Waals surface area contributed by atoms with Crippen LogP contribution >= 0.6 is 0 Å². The maximum Gasteiger partial charge on any atom is 0.442 e. The molecule has 44 heavy (non-hydrogen) atoms. The largest absolute Gasteiger partial charge is 0.504 e. The fourth-order valence-corrected chi connectivity index (χ4v) is 4.50. The van der Waals surface area contributed by atoms with Crippen LogP contribution in [0.3, 0.4) is 0 Å². The van der Waals surface area contributed by atoms with Gasteiger partial charge in [0.25, 0.3) is 0 Å². The lowest BCUT2D eigenvalue weighted by Crippen LogP contribution is -2.50. The van der Waals surface area contributed by atoms with Gasteiger partial charge < -0.3 is 24.1 Å². The van der Waals surface area contributed by atoms with E-state index in [1.165, 1.54) is 24.3 Å². The van der Waals surface area contributed by atoms with E-state index in [-0.39, 0.29) is 35.8 Å². The van der Waals surface area contributed by atoms with Gasteiger partial charge in [0, 0.05) is 12.1 Å². The molecule has 3 amide bonds. The molecule has 0 aliphatic heterocycles. The van der Waals surface area contributed by atoms with E-state index in [4.69, 9.17) is 23.9 Å². The molecule has 14 nitrogen and oxygen atoms in total. The van der Waals surface area contributed by atoms with Crippen LogP contribution in [0.15, 0.2) is 41.3 Å². The van der Waals surface area contributed by atoms with E-state index in [1.807, 2.05) is 0 Å². The molecule has 0 aliphatic carbocycles. The fourth-order valence-electron chi connectivity index (χ4n) is 3.46. The van der Waals surface area contributed by atoms with E-state index in [2.05, 4.69) is 10.6 Å². The Kier molecular flexibility index (Phi) is 11.7. The minimum Gasteiger partial charge on any atom is -0.504 e. The first-order valence-corrected chi connectivity index (χ1v) is 14.9. The third kappa shape index (κ3) is 11.4. The Balaban J connectivity index is 2.06. The number of nitrogens with one attached hydrogen (secondary N) is 3. The third-order valence-electron chi connectivity index (χ3n) is 5.32. The number of carbonyl (C=O) groups is 3. The average molecular weight is 637 g/mol. The summed E-state index contributed by atoms with van der Waals surface area (Å²) >= 11 is 0. The van der Waals surface area contributed by atoms with Crippen LogP contribution in [0.5, 0.6) is 11.5 Å². The number of guanidine groups is 1. The monoisotopic (exact) mass is 636 g/mol. The van der Waals surface area contributed by atoms with Gasteiger partial charge in [-0.15, -0.1) is 5.06 Å². The molecule has 4 N–H and O–H groups in total. The second kappa shape index (κ2) is 14.4. The normalized spacial score (nSPS) is 11.7. The van der Waals surface area contributed by atoms with Crippen molar-refractivity contribution in [1.82, 2.24) is 15.7 Å². The number of benzene rings is 2. The van der Waals surface area contributed by atoms with E-state index in [0.717, 1.165) is 0 Å². The Hall–Kier alpha value is -4.37. The zero-order chi connectivity index (χ0) is 33.5. The number of aryl methyl sites for hydroxylation is 2. The van der Waals surface area contributed by atoms with Crippen molar-refractivity contribution in [2.75, 3.05) is 13.2 Å². The van der Waals surface area contributed by atoms with E-state index < -0.39 is 51.1 Å². The summed E-state index contributed by atoms with van der Waals surface area (Å²) in [6.07, 6.45) is -2.44. The molecule has 0 unspecified atom stereocenters. The van der Waals surface area contributed by atoms with Crippen molar-refractivity contribution < 1.29 is 46.4 Å². The van der Waals surface area contributed by atoms with Crippen molar-refractivity contribution in [3.8, 4) is 11.5 Å². The summed E-state index contributed by atoms with van der Waals surface area (Å²) in [4.78, 5) is 42.6. The Morgan fingerprint density at radius 1 is 0.977 bits per heavy atom. The van der Waals surface area contributed by atoms with Gasteiger partial charge in [0.1, 0.15) is 16.1 Å². The molecule has 2 aromatic carbocycles. The fraction of sp³-hybridized carbons (Fsp3) is 0.448. The number of alkyl carbamates (subject to hydrolysis) is 1. The van der Waals surface area contributed by atoms with Crippen LogP contribution in [0.4, 0.5) is 9.59 Å². The molecule has 0 radical (unpaired) electrons. The van der Waals surface area contributed by atoms with Gasteiger partial charge >= 0.3 is 22.3 Å². The van der Waals surface area contributed by atoms with Gasteiger partial charge in [-0.1, -0.05) is 18.2 Å². The van der Waals surface area contributed by atoms with E-state index in [0.29, 0.717) is 16.2 Å². The lowest BCUT2D eigenvalue weighted by molar-refractivity contribution is -0.122. The molecule has 2 aromatic rings. The quantitative estimate of drug-likeness (QED) is 0.102. The van der Waals surface area contributed by atoms with Gasteiger partial charge in [0.05, 0.1) is 13.0 Å². The number of hydroxylamine groups is 2. The maximum atomic E-state index is 12.7. The van der Waals surface area contributed by atoms with Crippen LogP contribution in [0.1, 0.15) is 58.2 Å². The second-order valence-corrected chi connectivity index (χ2v) is 13.2. The van der Waals surface area contributed by atoms with Crippen molar-refractivity contribution in [1.29, 1.82) is 5.41 Å². The molecule has 0 aromatic heterocycles. The summed E-state index contributed by atoms with van der Waals surface area (Å²) in [6, 6.07) is 8.88. The summed E-state index contributed by atoms with van der Waals surface area (Å²) in [5.74, 6) is -2.20. The number of amides is 3. The second-order valence-electron chi connectivity index (χ2n) is 11.7. The lowest BCUT2D eigenvalue weighted by atomic mass is 10.0. The Bertz CT molecular complexity index is 1490. The number of nitrogens with zero attached hydrogens (tertiary/aromatic N) is 1. The number of rotatable bonds is 9. The number of ether oxygens (including phenoxy) is 2. The lowest BCUT2D eigenvalue weighted by Gasteiger charge is -2.27. The summed E-state index contributed by atoms with van der Waals surface area (Å²) in [6.45, 7) is 12.5. The molecule has 0 saturated heterocycles. The first-order chi connectivity index (χ1) is 20.2. The molecule has 0 fully saturated rings. The van der Waals surface area contributed by atoms with Crippen LogP contribution in [-0.2, 0) is 35.6 Å². The van der Waals surface area contributed by atoms with Crippen LogP contribution in [0.2, 0.25) is 0 Å². The van der Waals surface area contributed by atoms with Crippen LogP contribution in [0, 0.1) is 19.3 Å². The Morgan fingerprint density at radius 3 is 2.20 bits per heavy atom. The molecule has 0 atom stereocenters. The minimum absolute atomic E-state index is 0.0911. The predicted octanol–water partition coefficient (Wildman–Crippen LogP) is 4.06. The summed E-state index contributed by atoms with van der Waals surface area (Å²) < 4.78 is 41.0. The molecule has 0 heterocycles. The van der Waals surface area contributed by atoms with Crippen LogP contribution in [-0.4, -0.2) is 67.0 Å². The van der Waals surface area contributed by atoms with Gasteiger partial charge in [0.2, 0.25) is 11.9 Å². The molecular formula is C29H40N4O10S. The van der Waals surface area contributed by atoms with Gasteiger partial charge in [-0.25, -0.2) is 9.59 Å². The zero-order valence-electron chi connectivity index (χ0n) is 26.1. The Labute approximate surface area is 257 Å². The summed E-state index contributed by atoms with van der Waals surface area (Å²) in [7, 11) is -4.26. The smallest absolute Gasteiger partial charge is 0.442 e. The van der Waals surface area contributed by atoms with Crippen molar-refractivity contribution in [3.05, 3.63) is 53.1 Å². The number of hydrogen-bond acceptors (Lipinski definition) is 11. The van der Waals surface area contributed by atoms with Crippen molar-refractivity contribution in [2.24, 2.45) is 0 Å². The molecule has 2 rings (SSSR count). The van der Waals surface area contributed by atoms with E-state index in [1.54, 1.807) is 67.5 Å². The number of phenols is 1. The van der Waals surface area contributed by atoms with E-state index in [9.17, 15) is 27.9 Å². The van der Waals surface area contributed by atoms with Crippen molar-refractivity contribution >= 4 is 34.2 Å². The molecular weight excluding hydrogens is 596 g/mol. The Morgan fingerprint density at radius 2 is 1.61 bits per heavy atom. The summed E-state index contributed by atoms with van der Waals surface area (Å²) in [5, 5.41) is 23.9.